The molecule has 0 unspecified atom stereocenters. The van der Waals surface area contributed by atoms with E-state index in [1.807, 2.05) is 44.1 Å². The van der Waals surface area contributed by atoms with E-state index in [2.05, 4.69) is 30.8 Å². The molecule has 2 N–H and O–H groups in total. The van der Waals surface area contributed by atoms with Gasteiger partial charge < -0.3 is 15.5 Å². The van der Waals surface area contributed by atoms with Gasteiger partial charge in [-0.15, -0.1) is 10.2 Å². The summed E-state index contributed by atoms with van der Waals surface area (Å²) in [5.41, 5.74) is 2.49. The number of hydrogen-bond acceptors (Lipinski definition) is 7. The van der Waals surface area contributed by atoms with Gasteiger partial charge in [0, 0.05) is 38.6 Å². The number of hydrogen-bond donors (Lipinski definition) is 2. The number of nitrogens with zero attached hydrogens (tertiary/aromatic N) is 5. The van der Waals surface area contributed by atoms with Crippen molar-refractivity contribution in [2.45, 2.75) is 19.4 Å². The highest BCUT2D eigenvalue weighted by molar-refractivity contribution is 5.93. The van der Waals surface area contributed by atoms with Crippen molar-refractivity contribution in [2.75, 3.05) is 25.5 Å². The summed E-state index contributed by atoms with van der Waals surface area (Å²) in [6, 6.07) is 10.6. The zero-order valence-electron chi connectivity index (χ0n) is 16.6. The van der Waals surface area contributed by atoms with E-state index in [1.54, 1.807) is 24.4 Å². The fourth-order valence-electron chi connectivity index (χ4n) is 2.65. The Hall–Kier alpha value is -3.62. The van der Waals surface area contributed by atoms with Crippen LogP contribution in [-0.2, 0) is 0 Å². The number of carbonyl (C=O) groups is 2. The molecule has 150 valence electrons. The lowest BCUT2D eigenvalue weighted by Crippen LogP contribution is -2.37. The minimum absolute atomic E-state index is 0.0179. The number of amides is 2. The lowest BCUT2D eigenvalue weighted by molar-refractivity contribution is 0.0926. The van der Waals surface area contributed by atoms with Crippen molar-refractivity contribution in [1.29, 1.82) is 0 Å². The number of rotatable bonds is 7. The van der Waals surface area contributed by atoms with E-state index in [-0.39, 0.29) is 17.8 Å². The molecule has 0 radical (unpaired) electrons. The molecule has 29 heavy (non-hydrogen) atoms. The summed E-state index contributed by atoms with van der Waals surface area (Å²) in [4.78, 5) is 34.8. The first-order valence-corrected chi connectivity index (χ1v) is 9.26. The van der Waals surface area contributed by atoms with Crippen molar-refractivity contribution in [3.05, 3.63) is 54.1 Å². The van der Waals surface area contributed by atoms with Crippen molar-refractivity contribution in [2.24, 2.45) is 0 Å². The molecular weight excluding hydrogens is 370 g/mol. The summed E-state index contributed by atoms with van der Waals surface area (Å²) in [5, 5.41) is 13.5. The molecule has 9 heteroatoms. The van der Waals surface area contributed by atoms with Crippen LogP contribution in [0.5, 0.6) is 0 Å². The number of carbonyl (C=O) groups excluding carboxylic acids is 2. The summed E-state index contributed by atoms with van der Waals surface area (Å²) in [6.07, 6.45) is 2.15. The van der Waals surface area contributed by atoms with Gasteiger partial charge in [0.15, 0.2) is 0 Å². The highest BCUT2D eigenvalue weighted by atomic mass is 16.2. The van der Waals surface area contributed by atoms with Crippen LogP contribution in [-0.4, -0.2) is 58.7 Å². The number of nitrogens with one attached hydrogen (secondary N) is 2. The van der Waals surface area contributed by atoms with Crippen molar-refractivity contribution in [3.8, 4) is 0 Å². The van der Waals surface area contributed by atoms with Crippen LogP contribution in [0.3, 0.4) is 0 Å². The number of pyridine rings is 1. The third kappa shape index (κ3) is 5.22. The lowest BCUT2D eigenvalue weighted by Gasteiger charge is -2.14. The van der Waals surface area contributed by atoms with Crippen LogP contribution in [0, 0.1) is 0 Å². The fourth-order valence-corrected chi connectivity index (χ4v) is 2.65. The second-order valence-corrected chi connectivity index (χ2v) is 6.84. The molecule has 0 aliphatic rings. The van der Waals surface area contributed by atoms with Gasteiger partial charge in [-0.1, -0.05) is 12.1 Å². The minimum atomic E-state index is -0.401. The first kappa shape index (κ1) is 20.1. The Kier molecular flexibility index (Phi) is 6.28. The molecule has 0 saturated heterocycles. The molecular formula is C20H23N7O2. The zero-order valence-corrected chi connectivity index (χ0v) is 16.6. The van der Waals surface area contributed by atoms with E-state index < -0.39 is 5.91 Å². The predicted octanol–water partition coefficient (Wildman–Crippen LogP) is 1.42. The summed E-state index contributed by atoms with van der Waals surface area (Å²) in [6.45, 7) is 2.24. The Bertz CT molecular complexity index is 1020. The maximum atomic E-state index is 12.3. The highest BCUT2D eigenvalue weighted by Gasteiger charge is 2.15. The first-order valence-electron chi connectivity index (χ1n) is 9.26. The van der Waals surface area contributed by atoms with Gasteiger partial charge in [0.2, 0.25) is 5.82 Å². The predicted molar refractivity (Wildman–Crippen MR) is 110 cm³/mol. The van der Waals surface area contributed by atoms with Gasteiger partial charge >= 0.3 is 0 Å². The Morgan fingerprint density at radius 2 is 1.83 bits per heavy atom. The first-order chi connectivity index (χ1) is 13.9. The number of aromatic nitrogens is 4. The fraction of sp³-hybridized carbons (Fsp3) is 0.300. The number of anilines is 1. The molecule has 1 aromatic carbocycles. The second-order valence-electron chi connectivity index (χ2n) is 6.84. The van der Waals surface area contributed by atoms with Gasteiger partial charge in [0.1, 0.15) is 11.2 Å². The number of fused-ring (bicyclic) bond motifs is 1. The van der Waals surface area contributed by atoms with Gasteiger partial charge in [0.25, 0.3) is 11.8 Å². The maximum absolute atomic E-state index is 12.3. The molecule has 9 nitrogen and oxygen atoms in total. The zero-order chi connectivity index (χ0) is 20.8. The number of benzene rings is 1. The van der Waals surface area contributed by atoms with Crippen LogP contribution in [0.25, 0.3) is 11.0 Å². The molecule has 0 bridgehead atoms. The van der Waals surface area contributed by atoms with Gasteiger partial charge in [0.05, 0.1) is 5.52 Å². The topological polar surface area (TPSA) is 113 Å². The molecule has 0 spiro atoms. The Morgan fingerprint density at radius 1 is 1.07 bits per heavy atom. The monoisotopic (exact) mass is 393 g/mol. The van der Waals surface area contributed by atoms with E-state index in [1.165, 1.54) is 0 Å². The average Bonchev–Trinajstić information content (AvgIpc) is 2.73. The van der Waals surface area contributed by atoms with E-state index in [0.29, 0.717) is 29.7 Å². The molecule has 0 fully saturated rings. The van der Waals surface area contributed by atoms with Crippen LogP contribution in [0.4, 0.5) is 5.69 Å². The number of para-hydroxylation sites is 1. The Morgan fingerprint density at radius 3 is 2.59 bits per heavy atom. The van der Waals surface area contributed by atoms with Crippen molar-refractivity contribution in [3.63, 3.8) is 0 Å². The van der Waals surface area contributed by atoms with Crippen molar-refractivity contribution >= 4 is 28.5 Å². The summed E-state index contributed by atoms with van der Waals surface area (Å²) in [7, 11) is 3.80. The molecule has 2 amide bonds. The largest absolute Gasteiger partial charge is 0.378 e. The van der Waals surface area contributed by atoms with Gasteiger partial charge in [-0.25, -0.2) is 4.98 Å². The van der Waals surface area contributed by atoms with Gasteiger partial charge in [-0.05, 0) is 37.6 Å². The Labute approximate surface area is 168 Å². The molecule has 1 atom stereocenters. The molecule has 2 heterocycles. The SMILES string of the molecule is C[C@@H](CCNC(=O)c1cc(N(C)C)ccn1)NC(=O)c1nnc2ccccc2n1. The second kappa shape index (κ2) is 9.05. The molecule has 0 aliphatic heterocycles. The normalized spacial score (nSPS) is 11.7. The molecule has 3 rings (SSSR count). The Balaban J connectivity index is 1.50. The van der Waals surface area contributed by atoms with Crippen LogP contribution >= 0.6 is 0 Å². The van der Waals surface area contributed by atoms with Crippen LogP contribution in [0.15, 0.2) is 42.6 Å². The summed E-state index contributed by atoms with van der Waals surface area (Å²) < 4.78 is 0. The third-order valence-electron chi connectivity index (χ3n) is 4.30. The van der Waals surface area contributed by atoms with E-state index >= 15 is 0 Å². The minimum Gasteiger partial charge on any atom is -0.378 e. The van der Waals surface area contributed by atoms with Gasteiger partial charge in [-0.3, -0.25) is 14.6 Å². The smallest absolute Gasteiger partial charge is 0.291 e. The molecule has 2 aromatic heterocycles. The van der Waals surface area contributed by atoms with E-state index in [9.17, 15) is 9.59 Å². The van der Waals surface area contributed by atoms with Crippen LogP contribution < -0.4 is 15.5 Å². The highest BCUT2D eigenvalue weighted by Crippen LogP contribution is 2.11. The molecule has 0 saturated carbocycles. The molecule has 0 aliphatic carbocycles. The van der Waals surface area contributed by atoms with E-state index in [4.69, 9.17) is 0 Å². The average molecular weight is 393 g/mol. The van der Waals surface area contributed by atoms with Gasteiger partial charge in [-0.2, -0.15) is 0 Å². The molecule has 3 aromatic rings. The quantitative estimate of drug-likeness (QED) is 0.624. The standard InChI is InChI=1S/C20H23N7O2/c1-13(8-10-22-19(28)17-12-14(27(2)3)9-11-21-17)23-20(29)18-24-15-6-4-5-7-16(15)25-26-18/h4-7,9,11-13H,8,10H2,1-3H3,(H,22,28)(H,23,29)/t13-/m0/s1. The summed E-state index contributed by atoms with van der Waals surface area (Å²) in [5.74, 6) is -0.638. The third-order valence-corrected chi connectivity index (χ3v) is 4.30. The lowest BCUT2D eigenvalue weighted by atomic mass is 10.2. The maximum Gasteiger partial charge on any atom is 0.291 e. The van der Waals surface area contributed by atoms with Crippen LogP contribution in [0.2, 0.25) is 0 Å². The van der Waals surface area contributed by atoms with Crippen molar-refractivity contribution < 1.29 is 9.59 Å². The van der Waals surface area contributed by atoms with E-state index in [0.717, 1.165) is 5.69 Å². The summed E-state index contributed by atoms with van der Waals surface area (Å²) >= 11 is 0. The van der Waals surface area contributed by atoms with Crippen LogP contribution in [0.1, 0.15) is 34.5 Å². The van der Waals surface area contributed by atoms with Crippen molar-refractivity contribution in [1.82, 2.24) is 30.8 Å².